The number of hydrogen-bond donors (Lipinski definition) is 0. The van der Waals surface area contributed by atoms with Crippen LogP contribution in [0.25, 0.3) is 0 Å². The molecule has 0 aromatic carbocycles. The summed E-state index contributed by atoms with van der Waals surface area (Å²) >= 11 is 0. The summed E-state index contributed by atoms with van der Waals surface area (Å²) in [4.78, 5) is 13.0. The summed E-state index contributed by atoms with van der Waals surface area (Å²) < 4.78 is 7.00. The van der Waals surface area contributed by atoms with Gasteiger partial charge < -0.3 is 9.32 Å². The van der Waals surface area contributed by atoms with Crippen LogP contribution in [0, 0.1) is 6.92 Å². The highest BCUT2D eigenvalue weighted by Gasteiger charge is 2.16. The Morgan fingerprint density at radius 3 is 2.94 bits per heavy atom. The molecule has 90 valence electrons. The van der Waals surface area contributed by atoms with E-state index in [-0.39, 0.29) is 0 Å². The minimum Gasteiger partial charge on any atom is -0.467 e. The van der Waals surface area contributed by atoms with Crippen molar-refractivity contribution in [2.24, 2.45) is 7.05 Å². The first kappa shape index (κ1) is 11.4. The van der Waals surface area contributed by atoms with Crippen LogP contribution in [0.3, 0.4) is 0 Å². The number of aromatic nitrogens is 2. The molecule has 2 rings (SSSR count). The standard InChI is InChI=1S/C12H15N3O2/c1-9-11(8-16)12(15(3)13-9)14(2)7-10-5-4-6-17-10/h4-6,8H,7H2,1-3H3. The zero-order valence-corrected chi connectivity index (χ0v) is 10.2. The van der Waals surface area contributed by atoms with Crippen LogP contribution in [-0.2, 0) is 13.6 Å². The van der Waals surface area contributed by atoms with Crippen molar-refractivity contribution in [1.29, 1.82) is 0 Å². The van der Waals surface area contributed by atoms with Gasteiger partial charge in [-0.15, -0.1) is 0 Å². The summed E-state index contributed by atoms with van der Waals surface area (Å²) in [5.41, 5.74) is 1.37. The molecule has 2 aromatic rings. The van der Waals surface area contributed by atoms with Crippen LogP contribution in [0.5, 0.6) is 0 Å². The number of furan rings is 1. The van der Waals surface area contributed by atoms with Crippen molar-refractivity contribution < 1.29 is 9.21 Å². The third-order valence-corrected chi connectivity index (χ3v) is 2.69. The number of carbonyl (C=O) groups is 1. The zero-order chi connectivity index (χ0) is 12.4. The first-order valence-electron chi connectivity index (χ1n) is 5.35. The van der Waals surface area contributed by atoms with Gasteiger partial charge in [-0.25, -0.2) is 0 Å². The van der Waals surface area contributed by atoms with Gasteiger partial charge in [-0.2, -0.15) is 5.10 Å². The molecular formula is C12H15N3O2. The van der Waals surface area contributed by atoms with Gasteiger partial charge in [-0.3, -0.25) is 9.48 Å². The third kappa shape index (κ3) is 2.08. The number of anilines is 1. The molecule has 0 unspecified atom stereocenters. The van der Waals surface area contributed by atoms with E-state index in [0.717, 1.165) is 23.6 Å². The maximum atomic E-state index is 11.1. The molecule has 0 aliphatic rings. The van der Waals surface area contributed by atoms with Crippen molar-refractivity contribution >= 4 is 12.1 Å². The molecular weight excluding hydrogens is 218 g/mol. The molecule has 17 heavy (non-hydrogen) atoms. The van der Waals surface area contributed by atoms with Crippen LogP contribution >= 0.6 is 0 Å². The van der Waals surface area contributed by atoms with Crippen molar-refractivity contribution in [2.45, 2.75) is 13.5 Å². The molecule has 0 fully saturated rings. The lowest BCUT2D eigenvalue weighted by Gasteiger charge is -2.18. The van der Waals surface area contributed by atoms with Gasteiger partial charge in [0, 0.05) is 14.1 Å². The number of rotatable bonds is 4. The molecule has 0 spiro atoms. The largest absolute Gasteiger partial charge is 0.467 e. The van der Waals surface area contributed by atoms with Crippen molar-refractivity contribution in [3.63, 3.8) is 0 Å². The minimum absolute atomic E-state index is 0.604. The maximum Gasteiger partial charge on any atom is 0.155 e. The third-order valence-electron chi connectivity index (χ3n) is 2.69. The van der Waals surface area contributed by atoms with Crippen LogP contribution in [0.2, 0.25) is 0 Å². The molecule has 0 saturated heterocycles. The predicted octanol–water partition coefficient (Wildman–Crippen LogP) is 1.77. The Hall–Kier alpha value is -2.04. The van der Waals surface area contributed by atoms with Gasteiger partial charge in [0.1, 0.15) is 11.6 Å². The molecule has 2 aromatic heterocycles. The van der Waals surface area contributed by atoms with E-state index in [9.17, 15) is 4.79 Å². The van der Waals surface area contributed by atoms with E-state index in [1.807, 2.05) is 38.1 Å². The van der Waals surface area contributed by atoms with Crippen molar-refractivity contribution in [3.8, 4) is 0 Å². The molecule has 0 saturated carbocycles. The Morgan fingerprint density at radius 2 is 2.35 bits per heavy atom. The summed E-state index contributed by atoms with van der Waals surface area (Å²) in [6, 6.07) is 3.75. The molecule has 0 atom stereocenters. The molecule has 2 heterocycles. The van der Waals surface area contributed by atoms with Crippen molar-refractivity contribution in [1.82, 2.24) is 9.78 Å². The highest BCUT2D eigenvalue weighted by molar-refractivity contribution is 5.84. The lowest BCUT2D eigenvalue weighted by Crippen LogP contribution is -2.20. The summed E-state index contributed by atoms with van der Waals surface area (Å²) in [5.74, 6) is 1.65. The van der Waals surface area contributed by atoms with Crippen LogP contribution in [0.4, 0.5) is 5.82 Å². The van der Waals surface area contributed by atoms with Crippen molar-refractivity contribution in [3.05, 3.63) is 35.4 Å². The zero-order valence-electron chi connectivity index (χ0n) is 10.2. The fourth-order valence-corrected chi connectivity index (χ4v) is 1.96. The lowest BCUT2D eigenvalue weighted by molar-refractivity contribution is 0.112. The average Bonchev–Trinajstić information content (AvgIpc) is 2.85. The summed E-state index contributed by atoms with van der Waals surface area (Å²) in [7, 11) is 3.74. The Morgan fingerprint density at radius 1 is 1.59 bits per heavy atom. The van der Waals surface area contributed by atoms with Crippen LogP contribution in [0.15, 0.2) is 22.8 Å². The van der Waals surface area contributed by atoms with Crippen LogP contribution in [-0.4, -0.2) is 23.1 Å². The lowest BCUT2D eigenvalue weighted by atomic mass is 10.2. The van der Waals surface area contributed by atoms with E-state index < -0.39 is 0 Å². The highest BCUT2D eigenvalue weighted by Crippen LogP contribution is 2.21. The number of aryl methyl sites for hydroxylation is 2. The molecule has 0 radical (unpaired) electrons. The molecule has 0 aliphatic heterocycles. The first-order valence-corrected chi connectivity index (χ1v) is 5.35. The Kier molecular flexibility index (Phi) is 2.99. The maximum absolute atomic E-state index is 11.1. The number of nitrogens with zero attached hydrogens (tertiary/aromatic N) is 3. The van der Waals surface area contributed by atoms with Gasteiger partial charge >= 0.3 is 0 Å². The molecule has 5 heteroatoms. The molecule has 5 nitrogen and oxygen atoms in total. The van der Waals surface area contributed by atoms with Gasteiger partial charge in [-0.05, 0) is 19.1 Å². The van der Waals surface area contributed by atoms with E-state index >= 15 is 0 Å². The second-order valence-electron chi connectivity index (χ2n) is 4.00. The second-order valence-corrected chi connectivity index (χ2v) is 4.00. The Bertz CT molecular complexity index is 514. The summed E-state index contributed by atoms with van der Waals surface area (Å²) in [6.45, 7) is 2.43. The fraction of sp³-hybridized carbons (Fsp3) is 0.333. The van der Waals surface area contributed by atoms with E-state index in [1.54, 1.807) is 10.9 Å². The van der Waals surface area contributed by atoms with E-state index in [1.165, 1.54) is 0 Å². The summed E-state index contributed by atoms with van der Waals surface area (Å²) in [5, 5.41) is 4.25. The van der Waals surface area contributed by atoms with Gasteiger partial charge in [-0.1, -0.05) is 0 Å². The Labute approximate surface area is 99.6 Å². The van der Waals surface area contributed by atoms with Gasteiger partial charge in [0.05, 0.1) is 24.1 Å². The highest BCUT2D eigenvalue weighted by atomic mass is 16.3. The van der Waals surface area contributed by atoms with Gasteiger partial charge in [0.25, 0.3) is 0 Å². The average molecular weight is 233 g/mol. The van der Waals surface area contributed by atoms with E-state index in [2.05, 4.69) is 5.10 Å². The molecule has 0 N–H and O–H groups in total. The van der Waals surface area contributed by atoms with Crippen LogP contribution in [0.1, 0.15) is 21.8 Å². The first-order chi connectivity index (χ1) is 8.13. The molecule has 0 amide bonds. The number of aldehydes is 1. The predicted molar refractivity (Wildman–Crippen MR) is 64.1 cm³/mol. The van der Waals surface area contributed by atoms with E-state index in [4.69, 9.17) is 4.42 Å². The Balaban J connectivity index is 2.30. The van der Waals surface area contributed by atoms with Crippen molar-refractivity contribution in [2.75, 3.05) is 11.9 Å². The SMILES string of the molecule is Cc1nn(C)c(N(C)Cc2ccco2)c1C=O. The number of carbonyl (C=O) groups excluding carboxylic acids is 1. The van der Waals surface area contributed by atoms with Gasteiger partial charge in [0.15, 0.2) is 6.29 Å². The van der Waals surface area contributed by atoms with E-state index in [0.29, 0.717) is 12.1 Å². The van der Waals surface area contributed by atoms with Gasteiger partial charge in [0.2, 0.25) is 0 Å². The quantitative estimate of drug-likeness (QED) is 0.755. The summed E-state index contributed by atoms with van der Waals surface area (Å²) in [6.07, 6.45) is 2.48. The fourth-order valence-electron chi connectivity index (χ4n) is 1.96. The topological polar surface area (TPSA) is 51.3 Å². The molecule has 0 aliphatic carbocycles. The second kappa shape index (κ2) is 4.45. The monoisotopic (exact) mass is 233 g/mol. The van der Waals surface area contributed by atoms with Crippen LogP contribution < -0.4 is 4.90 Å². The normalized spacial score (nSPS) is 10.5. The smallest absolute Gasteiger partial charge is 0.155 e. The minimum atomic E-state index is 0.604. The molecule has 0 bridgehead atoms. The number of hydrogen-bond acceptors (Lipinski definition) is 4.